The van der Waals surface area contributed by atoms with Gasteiger partial charge in [0.2, 0.25) is 0 Å². The average Bonchev–Trinajstić information content (AvgIpc) is 3.10. The normalized spacial score (nSPS) is 11.8. The largest absolute Gasteiger partial charge is 0.495 e. The van der Waals surface area contributed by atoms with Gasteiger partial charge in [-0.3, -0.25) is 4.79 Å². The number of methoxy groups -OCH3 is 3. The Bertz CT molecular complexity index is 1070. The van der Waals surface area contributed by atoms with E-state index in [4.69, 9.17) is 14.2 Å². The van der Waals surface area contributed by atoms with E-state index in [-0.39, 0.29) is 5.91 Å². The molecule has 2 aromatic carbocycles. The van der Waals surface area contributed by atoms with E-state index < -0.39 is 0 Å². The molecule has 3 aromatic rings. The van der Waals surface area contributed by atoms with Crippen LogP contribution >= 0.6 is 23.1 Å². The zero-order chi connectivity index (χ0) is 20.8. The van der Waals surface area contributed by atoms with Gasteiger partial charge in [-0.05, 0) is 36.1 Å². The lowest BCUT2D eigenvalue weighted by molar-refractivity contribution is 0.0997. The molecule has 0 N–H and O–H groups in total. The molecule has 0 saturated carbocycles. The van der Waals surface area contributed by atoms with Crippen molar-refractivity contribution < 1.29 is 19.0 Å². The van der Waals surface area contributed by atoms with E-state index in [0.717, 1.165) is 20.9 Å². The summed E-state index contributed by atoms with van der Waals surface area (Å²) in [4.78, 5) is 19.0. The first-order chi connectivity index (χ1) is 14.1. The van der Waals surface area contributed by atoms with E-state index in [1.54, 1.807) is 39.2 Å². The summed E-state index contributed by atoms with van der Waals surface area (Å²) in [5.74, 6) is 2.08. The fraction of sp³-hybridized carbons (Fsp3) is 0.333. The van der Waals surface area contributed by atoms with Gasteiger partial charge in [0.25, 0.3) is 5.91 Å². The Kier molecular flexibility index (Phi) is 7.35. The molecule has 0 unspecified atom stereocenters. The molecule has 0 fully saturated rings. The van der Waals surface area contributed by atoms with E-state index in [9.17, 15) is 4.79 Å². The van der Waals surface area contributed by atoms with Crippen LogP contribution in [-0.4, -0.2) is 44.2 Å². The quantitative estimate of drug-likeness (QED) is 0.499. The first kappa shape index (κ1) is 21.4. The summed E-state index contributed by atoms with van der Waals surface area (Å²) in [6, 6.07) is 11.3. The van der Waals surface area contributed by atoms with Gasteiger partial charge in [0.15, 0.2) is 4.80 Å². The predicted octanol–water partition coefficient (Wildman–Crippen LogP) is 4.22. The molecular formula is C21H24N2O4S2. The molecule has 0 saturated heterocycles. The Morgan fingerprint density at radius 3 is 2.59 bits per heavy atom. The van der Waals surface area contributed by atoms with Crippen LogP contribution in [0.1, 0.15) is 17.3 Å². The van der Waals surface area contributed by atoms with Crippen LogP contribution < -0.4 is 14.3 Å². The number of ether oxygens (including phenoxy) is 3. The van der Waals surface area contributed by atoms with Crippen molar-refractivity contribution in [2.24, 2.45) is 4.99 Å². The second-order valence-electron chi connectivity index (χ2n) is 6.05. The third-order valence-electron chi connectivity index (χ3n) is 4.30. The average molecular weight is 433 g/mol. The van der Waals surface area contributed by atoms with Crippen molar-refractivity contribution in [2.45, 2.75) is 18.4 Å². The van der Waals surface area contributed by atoms with Crippen molar-refractivity contribution in [1.29, 1.82) is 0 Å². The van der Waals surface area contributed by atoms with Crippen molar-refractivity contribution >= 4 is 39.2 Å². The molecule has 0 aliphatic heterocycles. The van der Waals surface area contributed by atoms with Crippen molar-refractivity contribution in [3.05, 3.63) is 46.8 Å². The highest BCUT2D eigenvalue weighted by atomic mass is 32.2. The fourth-order valence-electron chi connectivity index (χ4n) is 2.97. The fourth-order valence-corrected chi connectivity index (χ4v) is 4.85. The standard InChI is InChI=1S/C21H24N2O4S2/c1-5-28-15-8-6-7-14(13-15)20(24)22-21-23(11-12-25-2)18-16(26-3)9-10-17(27-4)19(18)29-21/h6-10,13H,5,11-12H2,1-4H3. The maximum Gasteiger partial charge on any atom is 0.279 e. The number of hydrogen-bond acceptors (Lipinski definition) is 6. The minimum atomic E-state index is -0.279. The van der Waals surface area contributed by atoms with E-state index >= 15 is 0 Å². The third-order valence-corrected chi connectivity index (χ3v) is 6.27. The molecule has 0 spiro atoms. The predicted molar refractivity (Wildman–Crippen MR) is 118 cm³/mol. The lowest BCUT2D eigenvalue weighted by Gasteiger charge is -2.09. The Balaban J connectivity index is 2.16. The summed E-state index contributed by atoms with van der Waals surface area (Å²) in [5.41, 5.74) is 1.41. The second-order valence-corrected chi connectivity index (χ2v) is 8.37. The zero-order valence-electron chi connectivity index (χ0n) is 16.9. The number of benzene rings is 2. The molecule has 0 radical (unpaired) electrons. The summed E-state index contributed by atoms with van der Waals surface area (Å²) < 4.78 is 19.2. The van der Waals surface area contributed by atoms with Crippen molar-refractivity contribution in [3.63, 3.8) is 0 Å². The van der Waals surface area contributed by atoms with Crippen molar-refractivity contribution in [1.82, 2.24) is 4.57 Å². The molecule has 3 rings (SSSR count). The Morgan fingerprint density at radius 1 is 1.14 bits per heavy atom. The van der Waals surface area contributed by atoms with Gasteiger partial charge in [-0.1, -0.05) is 24.3 Å². The topological polar surface area (TPSA) is 62.0 Å². The molecule has 1 heterocycles. The number of amides is 1. The number of carbonyl (C=O) groups is 1. The molecule has 6 nitrogen and oxygen atoms in total. The Morgan fingerprint density at radius 2 is 1.90 bits per heavy atom. The summed E-state index contributed by atoms with van der Waals surface area (Å²) >= 11 is 3.10. The number of aromatic nitrogens is 1. The summed E-state index contributed by atoms with van der Waals surface area (Å²) in [6.45, 7) is 3.11. The number of thiazole rings is 1. The van der Waals surface area contributed by atoms with E-state index in [0.29, 0.717) is 35.0 Å². The minimum Gasteiger partial charge on any atom is -0.495 e. The number of rotatable bonds is 8. The van der Waals surface area contributed by atoms with Crippen LogP contribution in [0.15, 0.2) is 46.3 Å². The molecule has 29 heavy (non-hydrogen) atoms. The highest BCUT2D eigenvalue weighted by molar-refractivity contribution is 7.99. The van der Waals surface area contributed by atoms with Gasteiger partial charge in [-0.15, -0.1) is 11.8 Å². The monoisotopic (exact) mass is 432 g/mol. The zero-order valence-corrected chi connectivity index (χ0v) is 18.6. The number of nitrogens with zero attached hydrogens (tertiary/aromatic N) is 2. The third kappa shape index (κ3) is 4.66. The van der Waals surface area contributed by atoms with E-state index in [1.807, 2.05) is 34.9 Å². The highest BCUT2D eigenvalue weighted by Crippen LogP contribution is 2.35. The summed E-state index contributed by atoms with van der Waals surface area (Å²) in [5, 5.41) is 0. The van der Waals surface area contributed by atoms with E-state index in [2.05, 4.69) is 11.9 Å². The second kappa shape index (κ2) is 9.96. The molecule has 8 heteroatoms. The van der Waals surface area contributed by atoms with Crippen LogP contribution in [0.4, 0.5) is 0 Å². The van der Waals surface area contributed by atoms with Gasteiger partial charge in [-0.2, -0.15) is 4.99 Å². The number of thioether (sulfide) groups is 1. The number of hydrogen-bond donors (Lipinski definition) is 0. The van der Waals surface area contributed by atoms with Crippen molar-refractivity contribution in [3.8, 4) is 11.5 Å². The van der Waals surface area contributed by atoms with Crippen LogP contribution in [0.2, 0.25) is 0 Å². The van der Waals surface area contributed by atoms with Crippen LogP contribution in [0.3, 0.4) is 0 Å². The molecule has 1 aromatic heterocycles. The first-order valence-corrected chi connectivity index (χ1v) is 11.0. The molecule has 0 bridgehead atoms. The summed E-state index contributed by atoms with van der Waals surface area (Å²) in [6.07, 6.45) is 0. The summed E-state index contributed by atoms with van der Waals surface area (Å²) in [7, 11) is 4.89. The van der Waals surface area contributed by atoms with Gasteiger partial charge in [0, 0.05) is 24.1 Å². The van der Waals surface area contributed by atoms with Gasteiger partial charge in [-0.25, -0.2) is 0 Å². The molecule has 154 valence electrons. The molecular weight excluding hydrogens is 408 g/mol. The van der Waals surface area contributed by atoms with Crippen LogP contribution in [0.25, 0.3) is 10.2 Å². The Labute approximate surface area is 178 Å². The Hall–Kier alpha value is -2.29. The van der Waals surface area contributed by atoms with Gasteiger partial charge < -0.3 is 18.8 Å². The number of fused-ring (bicyclic) bond motifs is 1. The SMILES string of the molecule is CCSc1cccc(C(=O)N=c2sc3c(OC)ccc(OC)c3n2CCOC)c1. The van der Waals surface area contributed by atoms with Gasteiger partial charge in [0.1, 0.15) is 21.7 Å². The molecule has 1 amide bonds. The minimum absolute atomic E-state index is 0.279. The molecule has 0 atom stereocenters. The lowest BCUT2D eigenvalue weighted by Crippen LogP contribution is -2.19. The molecule has 0 aliphatic carbocycles. The number of carbonyl (C=O) groups excluding carboxylic acids is 1. The van der Waals surface area contributed by atoms with Crippen LogP contribution in [-0.2, 0) is 11.3 Å². The smallest absolute Gasteiger partial charge is 0.279 e. The highest BCUT2D eigenvalue weighted by Gasteiger charge is 2.17. The maximum atomic E-state index is 12.9. The van der Waals surface area contributed by atoms with E-state index in [1.165, 1.54) is 11.3 Å². The van der Waals surface area contributed by atoms with Crippen LogP contribution in [0, 0.1) is 0 Å². The van der Waals surface area contributed by atoms with Gasteiger partial charge >= 0.3 is 0 Å². The first-order valence-electron chi connectivity index (χ1n) is 9.18. The van der Waals surface area contributed by atoms with Crippen LogP contribution in [0.5, 0.6) is 11.5 Å². The lowest BCUT2D eigenvalue weighted by atomic mass is 10.2. The maximum absolute atomic E-state index is 12.9. The van der Waals surface area contributed by atoms with Crippen molar-refractivity contribution in [2.75, 3.05) is 33.7 Å². The van der Waals surface area contributed by atoms with Gasteiger partial charge in [0.05, 0.1) is 20.8 Å². The molecule has 0 aliphatic rings.